The Morgan fingerprint density at radius 2 is 2.46 bits per heavy atom. The van der Waals surface area contributed by atoms with Crippen LogP contribution in [0.1, 0.15) is 13.3 Å². The molecule has 0 atom stereocenters. The summed E-state index contributed by atoms with van der Waals surface area (Å²) in [6.45, 7) is 6.29. The molecule has 0 N–H and O–H groups in total. The molecular formula is C9H11ClN2O. The van der Waals surface area contributed by atoms with Crippen molar-refractivity contribution in [2.75, 3.05) is 6.61 Å². The zero-order valence-electron chi connectivity index (χ0n) is 7.46. The summed E-state index contributed by atoms with van der Waals surface area (Å²) in [6.07, 6.45) is 2.38. The molecule has 0 aliphatic carbocycles. The highest BCUT2D eigenvalue weighted by molar-refractivity contribution is 6.28. The second kappa shape index (κ2) is 4.82. The molecule has 1 heterocycles. The van der Waals surface area contributed by atoms with Gasteiger partial charge in [0.15, 0.2) is 0 Å². The second-order valence-electron chi connectivity index (χ2n) is 2.72. The van der Waals surface area contributed by atoms with Gasteiger partial charge in [0.1, 0.15) is 0 Å². The largest absolute Gasteiger partial charge is 0.477 e. The van der Waals surface area contributed by atoms with Crippen molar-refractivity contribution >= 4 is 11.6 Å². The highest BCUT2D eigenvalue weighted by Crippen LogP contribution is 2.09. The Balaban J connectivity index is 2.41. The monoisotopic (exact) mass is 198 g/mol. The molecule has 0 aliphatic heterocycles. The Morgan fingerprint density at radius 3 is 3.08 bits per heavy atom. The van der Waals surface area contributed by atoms with Gasteiger partial charge >= 0.3 is 0 Å². The summed E-state index contributed by atoms with van der Waals surface area (Å²) < 4.78 is 5.30. The molecule has 4 heteroatoms. The summed E-state index contributed by atoms with van der Waals surface area (Å²) >= 11 is 5.57. The van der Waals surface area contributed by atoms with Crippen LogP contribution in [0.3, 0.4) is 0 Å². The van der Waals surface area contributed by atoms with Gasteiger partial charge in [0.25, 0.3) is 0 Å². The van der Waals surface area contributed by atoms with Gasteiger partial charge in [-0.05, 0) is 18.5 Å². The van der Waals surface area contributed by atoms with Gasteiger partial charge in [0.2, 0.25) is 11.2 Å². The Labute approximate surface area is 82.4 Å². The molecule has 0 radical (unpaired) electrons. The first-order valence-electron chi connectivity index (χ1n) is 3.94. The van der Waals surface area contributed by atoms with Crippen LogP contribution < -0.4 is 4.74 Å². The predicted octanol–water partition coefficient (Wildman–Crippen LogP) is 2.48. The number of halogens is 1. The molecule has 0 bridgehead atoms. The first-order valence-corrected chi connectivity index (χ1v) is 4.32. The highest BCUT2D eigenvalue weighted by Gasteiger charge is 1.96. The van der Waals surface area contributed by atoms with Gasteiger partial charge in [-0.15, -0.1) is 6.58 Å². The van der Waals surface area contributed by atoms with Crippen LogP contribution in [0, 0.1) is 0 Å². The van der Waals surface area contributed by atoms with Gasteiger partial charge in [-0.3, -0.25) is 0 Å². The van der Waals surface area contributed by atoms with Crippen LogP contribution in [-0.4, -0.2) is 16.6 Å². The molecule has 0 aromatic carbocycles. The average Bonchev–Trinajstić information content (AvgIpc) is 2.03. The fraction of sp³-hybridized carbons (Fsp3) is 0.333. The van der Waals surface area contributed by atoms with Crippen molar-refractivity contribution in [2.24, 2.45) is 0 Å². The molecule has 1 aromatic rings. The molecule has 13 heavy (non-hydrogen) atoms. The number of nitrogens with zero attached hydrogens (tertiary/aromatic N) is 2. The van der Waals surface area contributed by atoms with E-state index in [1.54, 1.807) is 12.3 Å². The van der Waals surface area contributed by atoms with E-state index in [9.17, 15) is 0 Å². The molecule has 0 spiro atoms. The molecule has 0 amide bonds. The maximum atomic E-state index is 5.57. The van der Waals surface area contributed by atoms with E-state index in [4.69, 9.17) is 16.3 Å². The van der Waals surface area contributed by atoms with Crippen molar-refractivity contribution in [1.29, 1.82) is 0 Å². The van der Waals surface area contributed by atoms with E-state index in [-0.39, 0.29) is 5.28 Å². The highest BCUT2D eigenvalue weighted by atomic mass is 35.5. The smallest absolute Gasteiger partial charge is 0.225 e. The van der Waals surface area contributed by atoms with E-state index >= 15 is 0 Å². The predicted molar refractivity (Wildman–Crippen MR) is 52.0 cm³/mol. The number of aromatic nitrogens is 2. The Morgan fingerprint density at radius 1 is 1.69 bits per heavy atom. The molecule has 0 unspecified atom stereocenters. The topological polar surface area (TPSA) is 35.0 Å². The minimum atomic E-state index is 0.202. The van der Waals surface area contributed by atoms with E-state index in [1.165, 1.54) is 0 Å². The van der Waals surface area contributed by atoms with E-state index < -0.39 is 0 Å². The average molecular weight is 199 g/mol. The van der Waals surface area contributed by atoms with Gasteiger partial charge in [-0.2, -0.15) is 4.98 Å². The van der Waals surface area contributed by atoms with Gasteiger partial charge in [0.05, 0.1) is 6.61 Å². The maximum absolute atomic E-state index is 5.57. The first kappa shape index (κ1) is 9.99. The normalized spacial score (nSPS) is 9.69. The van der Waals surface area contributed by atoms with E-state index in [1.807, 2.05) is 6.92 Å². The lowest BCUT2D eigenvalue weighted by atomic mass is 10.3. The van der Waals surface area contributed by atoms with Crippen molar-refractivity contribution in [3.63, 3.8) is 0 Å². The molecule has 0 aliphatic rings. The van der Waals surface area contributed by atoms with E-state index in [2.05, 4.69) is 16.5 Å². The van der Waals surface area contributed by atoms with Crippen LogP contribution in [0.4, 0.5) is 0 Å². The second-order valence-corrected chi connectivity index (χ2v) is 3.06. The van der Waals surface area contributed by atoms with Crippen LogP contribution in [0.15, 0.2) is 24.4 Å². The minimum absolute atomic E-state index is 0.202. The third kappa shape index (κ3) is 3.90. The van der Waals surface area contributed by atoms with E-state index in [0.717, 1.165) is 12.0 Å². The number of hydrogen-bond acceptors (Lipinski definition) is 3. The summed E-state index contributed by atoms with van der Waals surface area (Å²) in [4.78, 5) is 7.61. The third-order valence-corrected chi connectivity index (χ3v) is 1.56. The summed E-state index contributed by atoms with van der Waals surface area (Å²) in [5, 5.41) is 0.202. The first-order chi connectivity index (χ1) is 6.18. The summed E-state index contributed by atoms with van der Waals surface area (Å²) in [7, 11) is 0. The Bertz CT molecular complexity index is 301. The minimum Gasteiger partial charge on any atom is -0.477 e. The molecule has 70 valence electrons. The number of ether oxygens (including phenoxy) is 1. The van der Waals surface area contributed by atoms with E-state index in [0.29, 0.717) is 12.5 Å². The van der Waals surface area contributed by atoms with Crippen molar-refractivity contribution < 1.29 is 4.74 Å². The molecule has 1 aromatic heterocycles. The van der Waals surface area contributed by atoms with Gasteiger partial charge in [-0.1, -0.05) is 5.57 Å². The molecular weight excluding hydrogens is 188 g/mol. The van der Waals surface area contributed by atoms with Gasteiger partial charge in [-0.25, -0.2) is 4.98 Å². The van der Waals surface area contributed by atoms with Crippen molar-refractivity contribution in [3.05, 3.63) is 29.7 Å². The molecule has 0 saturated carbocycles. The Kier molecular flexibility index (Phi) is 3.71. The molecule has 0 saturated heterocycles. The third-order valence-electron chi connectivity index (χ3n) is 1.38. The maximum Gasteiger partial charge on any atom is 0.225 e. The van der Waals surface area contributed by atoms with Gasteiger partial charge in [0, 0.05) is 18.7 Å². The van der Waals surface area contributed by atoms with Crippen molar-refractivity contribution in [1.82, 2.24) is 9.97 Å². The van der Waals surface area contributed by atoms with Crippen LogP contribution >= 0.6 is 11.6 Å². The summed E-state index contributed by atoms with van der Waals surface area (Å²) in [5.41, 5.74) is 1.08. The Hall–Kier alpha value is -1.09. The zero-order chi connectivity index (χ0) is 9.68. The lowest BCUT2D eigenvalue weighted by Gasteiger charge is -2.03. The molecule has 3 nitrogen and oxygen atoms in total. The van der Waals surface area contributed by atoms with Crippen molar-refractivity contribution in [2.45, 2.75) is 13.3 Å². The lowest BCUT2D eigenvalue weighted by Crippen LogP contribution is -1.99. The van der Waals surface area contributed by atoms with Crippen molar-refractivity contribution in [3.8, 4) is 5.88 Å². The molecule has 1 rings (SSSR count). The summed E-state index contributed by atoms with van der Waals surface area (Å²) in [6, 6.07) is 1.67. The zero-order valence-corrected chi connectivity index (χ0v) is 8.21. The van der Waals surface area contributed by atoms with Crippen LogP contribution in [-0.2, 0) is 0 Å². The number of rotatable bonds is 4. The van der Waals surface area contributed by atoms with Crippen LogP contribution in [0.25, 0.3) is 0 Å². The number of hydrogen-bond donors (Lipinski definition) is 0. The van der Waals surface area contributed by atoms with Gasteiger partial charge < -0.3 is 4.74 Å². The fourth-order valence-corrected chi connectivity index (χ4v) is 0.869. The van der Waals surface area contributed by atoms with Crippen LogP contribution in [0.2, 0.25) is 5.28 Å². The van der Waals surface area contributed by atoms with Crippen LogP contribution in [0.5, 0.6) is 5.88 Å². The SMILES string of the molecule is C=C(C)CCOc1ccnc(Cl)n1. The molecule has 0 fully saturated rings. The quantitative estimate of drug-likeness (QED) is 0.551. The lowest BCUT2D eigenvalue weighted by molar-refractivity contribution is 0.309. The fourth-order valence-electron chi connectivity index (χ4n) is 0.730. The summed E-state index contributed by atoms with van der Waals surface area (Å²) in [5.74, 6) is 0.501. The standard InChI is InChI=1S/C9H11ClN2O/c1-7(2)4-6-13-8-3-5-11-9(10)12-8/h3,5H,1,4,6H2,2H3.